The number of nitrogens with zero attached hydrogens (tertiary/aromatic N) is 1. The molecule has 0 bridgehead atoms. The van der Waals surface area contributed by atoms with Crippen molar-refractivity contribution in [1.82, 2.24) is 10.3 Å². The van der Waals surface area contributed by atoms with Gasteiger partial charge in [-0.15, -0.1) is 18.3 Å². The molecule has 0 aliphatic carbocycles. The molecular formula is C23H24N2O2S. The maximum Gasteiger partial charge on any atom is 0.287 e. The van der Waals surface area contributed by atoms with E-state index in [2.05, 4.69) is 48.9 Å². The molecular weight excluding hydrogens is 368 g/mol. The van der Waals surface area contributed by atoms with Crippen molar-refractivity contribution in [2.75, 3.05) is 0 Å². The number of aromatic nitrogens is 1. The van der Waals surface area contributed by atoms with Gasteiger partial charge < -0.3 is 9.73 Å². The summed E-state index contributed by atoms with van der Waals surface area (Å²) in [6.45, 7) is 8.00. The van der Waals surface area contributed by atoms with Crippen molar-refractivity contribution in [3.63, 3.8) is 0 Å². The highest BCUT2D eigenvalue weighted by atomic mass is 32.2. The third-order valence-electron chi connectivity index (χ3n) is 4.47. The van der Waals surface area contributed by atoms with Crippen LogP contribution in [0.3, 0.4) is 0 Å². The highest BCUT2D eigenvalue weighted by molar-refractivity contribution is 7.98. The maximum atomic E-state index is 12.6. The van der Waals surface area contributed by atoms with Crippen molar-refractivity contribution in [3.8, 4) is 0 Å². The Labute approximate surface area is 170 Å². The van der Waals surface area contributed by atoms with Crippen molar-refractivity contribution in [2.45, 2.75) is 37.0 Å². The molecule has 3 aromatic rings. The van der Waals surface area contributed by atoms with Crippen molar-refractivity contribution < 1.29 is 9.21 Å². The van der Waals surface area contributed by atoms with Crippen LogP contribution in [0.4, 0.5) is 0 Å². The minimum absolute atomic E-state index is 0.162. The molecule has 0 saturated carbocycles. The van der Waals surface area contributed by atoms with Crippen LogP contribution >= 0.6 is 11.8 Å². The quantitative estimate of drug-likeness (QED) is 0.399. The molecule has 0 fully saturated rings. The van der Waals surface area contributed by atoms with E-state index in [0.29, 0.717) is 17.9 Å². The summed E-state index contributed by atoms with van der Waals surface area (Å²) in [7, 11) is 0. The van der Waals surface area contributed by atoms with Gasteiger partial charge in [-0.2, -0.15) is 0 Å². The maximum absolute atomic E-state index is 12.6. The second-order valence-corrected chi connectivity index (χ2v) is 7.59. The predicted octanol–water partition coefficient (Wildman–Crippen LogP) is 5.63. The van der Waals surface area contributed by atoms with E-state index in [1.807, 2.05) is 18.2 Å². The first kappa shape index (κ1) is 20.0. The van der Waals surface area contributed by atoms with E-state index in [9.17, 15) is 4.79 Å². The van der Waals surface area contributed by atoms with Crippen LogP contribution in [0.1, 0.15) is 45.5 Å². The molecule has 1 N–H and O–H groups in total. The standard InChI is InChI=1S/C23H24N2O2S/c1-4-6-20(18-11-13-24-14-12-18)25-23(26)21-10-9-19(27-21)15-28-22-16(2)7-5-8-17(22)3/h4-5,7-14,20H,1,6,15H2,2-3H3,(H,25,26). The van der Waals surface area contributed by atoms with Gasteiger partial charge in [-0.1, -0.05) is 24.3 Å². The number of benzene rings is 1. The summed E-state index contributed by atoms with van der Waals surface area (Å²) in [6, 6.07) is 13.5. The van der Waals surface area contributed by atoms with Crippen molar-refractivity contribution in [3.05, 3.63) is 95.7 Å². The smallest absolute Gasteiger partial charge is 0.287 e. The number of hydrogen-bond donors (Lipinski definition) is 1. The molecule has 0 saturated heterocycles. The van der Waals surface area contributed by atoms with Gasteiger partial charge in [0.1, 0.15) is 5.76 Å². The predicted molar refractivity (Wildman–Crippen MR) is 113 cm³/mol. The Hall–Kier alpha value is -2.79. The Morgan fingerprint density at radius 1 is 1.18 bits per heavy atom. The van der Waals surface area contributed by atoms with E-state index >= 15 is 0 Å². The molecule has 2 heterocycles. The van der Waals surface area contributed by atoms with Crippen LogP contribution in [-0.2, 0) is 5.75 Å². The van der Waals surface area contributed by atoms with E-state index < -0.39 is 0 Å². The van der Waals surface area contributed by atoms with Crippen LogP contribution in [0.2, 0.25) is 0 Å². The molecule has 0 spiro atoms. The number of carbonyl (C=O) groups is 1. The Morgan fingerprint density at radius 2 is 1.89 bits per heavy atom. The minimum atomic E-state index is -0.230. The molecule has 144 valence electrons. The van der Waals surface area contributed by atoms with Gasteiger partial charge in [-0.25, -0.2) is 0 Å². The molecule has 0 aliphatic heterocycles. The summed E-state index contributed by atoms with van der Waals surface area (Å²) in [5, 5.41) is 3.02. The van der Waals surface area contributed by atoms with Crippen molar-refractivity contribution in [1.29, 1.82) is 0 Å². The van der Waals surface area contributed by atoms with Gasteiger partial charge in [0.05, 0.1) is 11.8 Å². The lowest BCUT2D eigenvalue weighted by atomic mass is 10.1. The average Bonchev–Trinajstić information content (AvgIpc) is 3.17. The summed E-state index contributed by atoms with van der Waals surface area (Å²) < 4.78 is 5.79. The summed E-state index contributed by atoms with van der Waals surface area (Å²) in [6.07, 6.45) is 5.85. The fourth-order valence-corrected chi connectivity index (χ4v) is 4.05. The Bertz CT molecular complexity index is 930. The molecule has 0 radical (unpaired) electrons. The minimum Gasteiger partial charge on any atom is -0.455 e. The fourth-order valence-electron chi connectivity index (χ4n) is 3.02. The van der Waals surface area contributed by atoms with Gasteiger partial charge in [0.2, 0.25) is 0 Å². The van der Waals surface area contributed by atoms with Gasteiger partial charge in [0, 0.05) is 17.3 Å². The molecule has 1 atom stereocenters. The largest absolute Gasteiger partial charge is 0.455 e. The molecule has 28 heavy (non-hydrogen) atoms. The van der Waals surface area contributed by atoms with Gasteiger partial charge in [0.15, 0.2) is 5.76 Å². The number of hydrogen-bond acceptors (Lipinski definition) is 4. The Kier molecular flexibility index (Phi) is 6.71. The fraction of sp³-hybridized carbons (Fsp3) is 0.217. The van der Waals surface area contributed by atoms with E-state index in [1.165, 1.54) is 16.0 Å². The van der Waals surface area contributed by atoms with Crippen LogP contribution in [0.5, 0.6) is 0 Å². The SMILES string of the molecule is C=CCC(NC(=O)c1ccc(CSc2c(C)cccc2C)o1)c1ccncc1. The lowest BCUT2D eigenvalue weighted by molar-refractivity contribution is 0.0907. The monoisotopic (exact) mass is 392 g/mol. The molecule has 2 aromatic heterocycles. The molecule has 1 amide bonds. The zero-order valence-corrected chi connectivity index (χ0v) is 17.0. The summed E-state index contributed by atoms with van der Waals surface area (Å²) in [4.78, 5) is 17.9. The zero-order valence-electron chi connectivity index (χ0n) is 16.1. The average molecular weight is 393 g/mol. The number of amides is 1. The number of rotatable bonds is 8. The van der Waals surface area contributed by atoms with Gasteiger partial charge in [-0.3, -0.25) is 9.78 Å². The van der Waals surface area contributed by atoms with Crippen LogP contribution in [0.15, 0.2) is 76.8 Å². The normalized spacial score (nSPS) is 11.8. The second kappa shape index (κ2) is 9.42. The number of pyridine rings is 1. The summed E-state index contributed by atoms with van der Waals surface area (Å²) in [5.74, 6) is 1.55. The van der Waals surface area contributed by atoms with Crippen LogP contribution in [0.25, 0.3) is 0 Å². The van der Waals surface area contributed by atoms with Gasteiger partial charge >= 0.3 is 0 Å². The van der Waals surface area contributed by atoms with Gasteiger partial charge in [0.25, 0.3) is 5.91 Å². The van der Waals surface area contributed by atoms with E-state index in [1.54, 1.807) is 36.3 Å². The van der Waals surface area contributed by atoms with Crippen LogP contribution in [0, 0.1) is 13.8 Å². The molecule has 1 unspecified atom stereocenters. The number of aryl methyl sites for hydroxylation is 2. The molecule has 1 aromatic carbocycles. The number of carbonyl (C=O) groups excluding carboxylic acids is 1. The van der Waals surface area contributed by atoms with Crippen molar-refractivity contribution in [2.24, 2.45) is 0 Å². The summed E-state index contributed by atoms with van der Waals surface area (Å²) in [5.41, 5.74) is 3.49. The van der Waals surface area contributed by atoms with Crippen molar-refractivity contribution >= 4 is 17.7 Å². The Morgan fingerprint density at radius 3 is 2.57 bits per heavy atom. The van der Waals surface area contributed by atoms with Crippen LogP contribution < -0.4 is 5.32 Å². The molecule has 0 aliphatic rings. The highest BCUT2D eigenvalue weighted by Crippen LogP contribution is 2.29. The first-order chi connectivity index (χ1) is 13.6. The van der Waals surface area contributed by atoms with E-state index in [-0.39, 0.29) is 11.9 Å². The molecule has 4 nitrogen and oxygen atoms in total. The van der Waals surface area contributed by atoms with Gasteiger partial charge in [-0.05, 0) is 61.2 Å². The number of thioether (sulfide) groups is 1. The van der Waals surface area contributed by atoms with E-state index in [0.717, 1.165) is 11.3 Å². The summed E-state index contributed by atoms with van der Waals surface area (Å²) >= 11 is 1.73. The Balaban J connectivity index is 1.65. The van der Waals surface area contributed by atoms with E-state index in [4.69, 9.17) is 4.42 Å². The molecule has 5 heteroatoms. The number of nitrogens with one attached hydrogen (secondary N) is 1. The first-order valence-corrected chi connectivity index (χ1v) is 10.2. The zero-order chi connectivity index (χ0) is 19.9. The lowest BCUT2D eigenvalue weighted by Crippen LogP contribution is -2.28. The van der Waals surface area contributed by atoms with Crippen LogP contribution in [-0.4, -0.2) is 10.9 Å². The third-order valence-corrected chi connectivity index (χ3v) is 5.83. The second-order valence-electron chi connectivity index (χ2n) is 6.61. The first-order valence-electron chi connectivity index (χ1n) is 9.18. The molecule has 3 rings (SSSR count). The lowest BCUT2D eigenvalue weighted by Gasteiger charge is -2.16. The highest BCUT2D eigenvalue weighted by Gasteiger charge is 2.17. The topological polar surface area (TPSA) is 55.1 Å². The number of furan rings is 1. The third kappa shape index (κ3) is 4.93.